The van der Waals surface area contributed by atoms with Crippen LogP contribution in [0, 0.1) is 0 Å². The molecule has 0 fully saturated rings. The Balaban J connectivity index is 2.87. The SMILES string of the molecule is CCNc1cc(NC(C)C(=O)N(C)CC)nc(COC)n1. The molecule has 0 aliphatic rings. The first kappa shape index (κ1) is 17.2. The van der Waals surface area contributed by atoms with Crippen LogP contribution in [0.1, 0.15) is 26.6 Å². The maximum Gasteiger partial charge on any atom is 0.244 e. The van der Waals surface area contributed by atoms with Gasteiger partial charge in [-0.25, -0.2) is 9.97 Å². The van der Waals surface area contributed by atoms with E-state index in [0.29, 0.717) is 30.6 Å². The molecule has 1 rings (SSSR count). The number of likely N-dealkylation sites (N-methyl/N-ethyl adjacent to an activating group) is 1. The zero-order valence-electron chi connectivity index (χ0n) is 13.4. The fraction of sp³-hybridized carbons (Fsp3) is 0.643. The Morgan fingerprint density at radius 2 is 2.05 bits per heavy atom. The summed E-state index contributed by atoms with van der Waals surface area (Å²) in [5.41, 5.74) is 0. The van der Waals surface area contributed by atoms with E-state index in [1.807, 2.05) is 20.8 Å². The number of aromatic nitrogens is 2. The molecular formula is C14H25N5O2. The van der Waals surface area contributed by atoms with Crippen LogP contribution < -0.4 is 10.6 Å². The smallest absolute Gasteiger partial charge is 0.244 e. The molecule has 21 heavy (non-hydrogen) atoms. The van der Waals surface area contributed by atoms with Crippen LogP contribution in [0.5, 0.6) is 0 Å². The Kier molecular flexibility index (Phi) is 6.87. The van der Waals surface area contributed by atoms with Crippen LogP contribution in [0.3, 0.4) is 0 Å². The fourth-order valence-electron chi connectivity index (χ4n) is 1.81. The third-order valence-corrected chi connectivity index (χ3v) is 2.99. The van der Waals surface area contributed by atoms with Gasteiger partial charge in [-0.2, -0.15) is 0 Å². The second-order valence-corrected chi connectivity index (χ2v) is 4.74. The van der Waals surface area contributed by atoms with Gasteiger partial charge >= 0.3 is 0 Å². The minimum atomic E-state index is -0.352. The highest BCUT2D eigenvalue weighted by molar-refractivity contribution is 5.83. The summed E-state index contributed by atoms with van der Waals surface area (Å²) < 4.78 is 5.07. The minimum absolute atomic E-state index is 0.0226. The molecule has 1 heterocycles. The van der Waals surface area contributed by atoms with Crippen LogP contribution >= 0.6 is 0 Å². The Labute approximate surface area is 126 Å². The molecule has 0 saturated heterocycles. The molecule has 0 saturated carbocycles. The van der Waals surface area contributed by atoms with Crippen molar-refractivity contribution in [1.29, 1.82) is 0 Å². The molecule has 1 aromatic rings. The second-order valence-electron chi connectivity index (χ2n) is 4.74. The minimum Gasteiger partial charge on any atom is -0.377 e. The highest BCUT2D eigenvalue weighted by Crippen LogP contribution is 2.13. The Morgan fingerprint density at radius 3 is 2.62 bits per heavy atom. The molecule has 0 aromatic carbocycles. The van der Waals surface area contributed by atoms with Gasteiger partial charge in [-0.1, -0.05) is 0 Å². The molecule has 0 spiro atoms. The third-order valence-electron chi connectivity index (χ3n) is 2.99. The zero-order valence-corrected chi connectivity index (χ0v) is 13.4. The van der Waals surface area contributed by atoms with Gasteiger partial charge in [0.15, 0.2) is 5.82 Å². The topological polar surface area (TPSA) is 79.4 Å². The van der Waals surface area contributed by atoms with E-state index in [4.69, 9.17) is 4.74 Å². The van der Waals surface area contributed by atoms with E-state index in [-0.39, 0.29) is 11.9 Å². The van der Waals surface area contributed by atoms with E-state index >= 15 is 0 Å². The molecule has 0 aliphatic heterocycles. The third kappa shape index (κ3) is 5.18. The van der Waals surface area contributed by atoms with Gasteiger partial charge in [0, 0.05) is 33.3 Å². The number of hydrogen-bond donors (Lipinski definition) is 2. The number of ether oxygens (including phenoxy) is 1. The van der Waals surface area contributed by atoms with E-state index in [2.05, 4.69) is 20.6 Å². The molecular weight excluding hydrogens is 270 g/mol. The number of amides is 1. The molecule has 2 N–H and O–H groups in total. The summed E-state index contributed by atoms with van der Waals surface area (Å²) in [6.07, 6.45) is 0. The van der Waals surface area contributed by atoms with Crippen molar-refractivity contribution < 1.29 is 9.53 Å². The largest absolute Gasteiger partial charge is 0.377 e. The first-order valence-corrected chi connectivity index (χ1v) is 7.14. The first-order valence-electron chi connectivity index (χ1n) is 7.14. The van der Waals surface area contributed by atoms with Crippen LogP contribution in [0.25, 0.3) is 0 Å². The predicted octanol–water partition coefficient (Wildman–Crippen LogP) is 1.33. The lowest BCUT2D eigenvalue weighted by Gasteiger charge is -2.21. The van der Waals surface area contributed by atoms with Crippen molar-refractivity contribution in [3.05, 3.63) is 11.9 Å². The quantitative estimate of drug-likeness (QED) is 0.753. The van der Waals surface area contributed by atoms with E-state index in [9.17, 15) is 4.79 Å². The van der Waals surface area contributed by atoms with Crippen molar-refractivity contribution in [2.75, 3.05) is 37.9 Å². The Bertz CT molecular complexity index is 442. The number of rotatable bonds is 8. The lowest BCUT2D eigenvalue weighted by atomic mass is 10.3. The summed E-state index contributed by atoms with van der Waals surface area (Å²) in [5, 5.41) is 6.26. The highest BCUT2D eigenvalue weighted by Gasteiger charge is 2.17. The zero-order chi connectivity index (χ0) is 15.8. The van der Waals surface area contributed by atoms with Crippen molar-refractivity contribution in [3.8, 4) is 0 Å². The monoisotopic (exact) mass is 295 g/mol. The summed E-state index contributed by atoms with van der Waals surface area (Å²) >= 11 is 0. The van der Waals surface area contributed by atoms with Crippen molar-refractivity contribution in [1.82, 2.24) is 14.9 Å². The first-order chi connectivity index (χ1) is 10.0. The number of nitrogens with zero attached hydrogens (tertiary/aromatic N) is 3. The van der Waals surface area contributed by atoms with Crippen molar-refractivity contribution >= 4 is 17.5 Å². The van der Waals surface area contributed by atoms with E-state index < -0.39 is 0 Å². The highest BCUT2D eigenvalue weighted by atomic mass is 16.5. The Morgan fingerprint density at radius 1 is 1.38 bits per heavy atom. The van der Waals surface area contributed by atoms with Crippen molar-refractivity contribution in [3.63, 3.8) is 0 Å². The van der Waals surface area contributed by atoms with Crippen LogP contribution in [0.4, 0.5) is 11.6 Å². The summed E-state index contributed by atoms with van der Waals surface area (Å²) in [5.74, 6) is 1.92. The summed E-state index contributed by atoms with van der Waals surface area (Å²) in [6, 6.07) is 1.44. The summed E-state index contributed by atoms with van der Waals surface area (Å²) in [7, 11) is 3.37. The standard InChI is InChI=1S/C14H25N5O2/c1-6-15-11-8-12(18-13(17-11)9-21-5)16-10(3)14(20)19(4)7-2/h8,10H,6-7,9H2,1-5H3,(H2,15,16,17,18). The maximum absolute atomic E-state index is 12.1. The van der Waals surface area contributed by atoms with Gasteiger partial charge in [-0.3, -0.25) is 4.79 Å². The molecule has 7 heteroatoms. The lowest BCUT2D eigenvalue weighted by molar-refractivity contribution is -0.130. The molecule has 0 bridgehead atoms. The van der Waals surface area contributed by atoms with Gasteiger partial charge in [0.25, 0.3) is 0 Å². The molecule has 118 valence electrons. The van der Waals surface area contributed by atoms with Crippen LogP contribution in [-0.2, 0) is 16.1 Å². The summed E-state index contributed by atoms with van der Waals surface area (Å²) in [4.78, 5) is 22.4. The molecule has 0 radical (unpaired) electrons. The molecule has 0 aliphatic carbocycles. The number of methoxy groups -OCH3 is 1. The molecule has 1 amide bonds. The van der Waals surface area contributed by atoms with E-state index in [0.717, 1.165) is 6.54 Å². The predicted molar refractivity (Wildman–Crippen MR) is 83.3 cm³/mol. The number of hydrogen-bond acceptors (Lipinski definition) is 6. The van der Waals surface area contributed by atoms with Crippen LogP contribution in [0.2, 0.25) is 0 Å². The van der Waals surface area contributed by atoms with Crippen LogP contribution in [0.15, 0.2) is 6.07 Å². The average Bonchev–Trinajstić information content (AvgIpc) is 2.46. The average molecular weight is 295 g/mol. The van der Waals surface area contributed by atoms with Gasteiger partial charge in [0.05, 0.1) is 0 Å². The fourth-order valence-corrected chi connectivity index (χ4v) is 1.81. The normalized spacial score (nSPS) is 11.9. The van der Waals surface area contributed by atoms with Crippen molar-refractivity contribution in [2.45, 2.75) is 33.4 Å². The number of nitrogens with one attached hydrogen (secondary N) is 2. The van der Waals surface area contributed by atoms with Crippen molar-refractivity contribution in [2.24, 2.45) is 0 Å². The molecule has 1 unspecified atom stereocenters. The molecule has 1 aromatic heterocycles. The molecule has 7 nitrogen and oxygen atoms in total. The van der Waals surface area contributed by atoms with Gasteiger partial charge < -0.3 is 20.3 Å². The maximum atomic E-state index is 12.1. The lowest BCUT2D eigenvalue weighted by Crippen LogP contribution is -2.39. The number of carbonyl (C=O) groups excluding carboxylic acids is 1. The van der Waals surface area contributed by atoms with Gasteiger partial charge in [0.2, 0.25) is 5.91 Å². The second kappa shape index (κ2) is 8.41. The van der Waals surface area contributed by atoms with Gasteiger partial charge in [-0.05, 0) is 20.8 Å². The number of anilines is 2. The van der Waals surface area contributed by atoms with Gasteiger partial charge in [0.1, 0.15) is 24.3 Å². The Hall–Kier alpha value is -1.89. The van der Waals surface area contributed by atoms with Gasteiger partial charge in [-0.15, -0.1) is 0 Å². The summed E-state index contributed by atoms with van der Waals surface area (Å²) in [6.45, 7) is 7.51. The molecule has 1 atom stereocenters. The van der Waals surface area contributed by atoms with E-state index in [1.165, 1.54) is 0 Å². The number of carbonyl (C=O) groups is 1. The van der Waals surface area contributed by atoms with Crippen LogP contribution in [-0.4, -0.2) is 54.1 Å². The van der Waals surface area contributed by atoms with E-state index in [1.54, 1.807) is 25.1 Å².